The molecule has 0 aliphatic heterocycles. The van der Waals surface area contributed by atoms with Crippen molar-refractivity contribution in [3.8, 4) is 5.75 Å². The number of rotatable bonds is 7. The molecule has 4 rings (SSSR count). The van der Waals surface area contributed by atoms with Crippen LogP contribution in [0, 0.1) is 0 Å². The Morgan fingerprint density at radius 2 is 1.97 bits per heavy atom. The average Bonchev–Trinajstić information content (AvgIpc) is 3.41. The van der Waals surface area contributed by atoms with E-state index in [1.165, 1.54) is 36.1 Å². The van der Waals surface area contributed by atoms with Crippen LogP contribution in [0.5, 0.6) is 5.75 Å². The molecular weight excluding hydrogens is 434 g/mol. The van der Waals surface area contributed by atoms with Gasteiger partial charge in [-0.3, -0.25) is 10.1 Å². The van der Waals surface area contributed by atoms with Crippen LogP contribution in [-0.4, -0.2) is 32.5 Å². The van der Waals surface area contributed by atoms with Crippen LogP contribution in [0.2, 0.25) is 0 Å². The highest BCUT2D eigenvalue weighted by Gasteiger charge is 2.26. The highest BCUT2D eigenvalue weighted by Crippen LogP contribution is 2.30. The van der Waals surface area contributed by atoms with Gasteiger partial charge in [0.15, 0.2) is 5.13 Å². The maximum atomic E-state index is 12.9. The number of amides is 1. The first kappa shape index (κ1) is 21.7. The van der Waals surface area contributed by atoms with Crippen molar-refractivity contribution >= 4 is 42.6 Å². The molecule has 2 N–H and O–H groups in total. The molecule has 1 aliphatic rings. The second-order valence-corrected chi connectivity index (χ2v) is 10.3. The molecule has 0 unspecified atom stereocenters. The lowest BCUT2D eigenvalue weighted by Crippen LogP contribution is -2.33. The highest BCUT2D eigenvalue weighted by atomic mass is 32.2. The largest absolute Gasteiger partial charge is 0.495 e. The standard InChI is InChI=1S/C22H25N3O4S2/c1-3-14-8-10-17-19(12-14)30-22(23-17)24-21(26)15-9-11-18(29-2)20(13-15)31(27,28)25-16-6-4-5-7-16/h8-13,16,25H,3-7H2,1-2H3,(H,23,24,26). The number of methoxy groups -OCH3 is 1. The van der Waals surface area contributed by atoms with Crippen LogP contribution < -0.4 is 14.8 Å². The van der Waals surface area contributed by atoms with Gasteiger partial charge in [0, 0.05) is 11.6 Å². The number of carbonyl (C=O) groups excluding carboxylic acids is 1. The monoisotopic (exact) mass is 459 g/mol. The van der Waals surface area contributed by atoms with Gasteiger partial charge in [0.25, 0.3) is 5.91 Å². The molecule has 7 nitrogen and oxygen atoms in total. The number of nitrogens with zero attached hydrogens (tertiary/aromatic N) is 1. The zero-order valence-corrected chi connectivity index (χ0v) is 19.1. The number of benzene rings is 2. The van der Waals surface area contributed by atoms with Crippen LogP contribution in [0.4, 0.5) is 5.13 Å². The maximum Gasteiger partial charge on any atom is 0.257 e. The summed E-state index contributed by atoms with van der Waals surface area (Å²) < 4.78 is 34.9. The number of thiazole rings is 1. The van der Waals surface area contributed by atoms with Crippen molar-refractivity contribution in [2.45, 2.75) is 50.0 Å². The van der Waals surface area contributed by atoms with Crippen molar-refractivity contribution in [2.75, 3.05) is 12.4 Å². The fraction of sp³-hybridized carbons (Fsp3) is 0.364. The lowest BCUT2D eigenvalue weighted by Gasteiger charge is -2.15. The van der Waals surface area contributed by atoms with Crippen LogP contribution in [0.25, 0.3) is 10.2 Å². The molecule has 0 saturated heterocycles. The summed E-state index contributed by atoms with van der Waals surface area (Å²) in [7, 11) is -2.40. The first-order chi connectivity index (χ1) is 14.9. The molecule has 0 radical (unpaired) electrons. The second-order valence-electron chi connectivity index (χ2n) is 7.60. The maximum absolute atomic E-state index is 12.9. The van der Waals surface area contributed by atoms with Crippen LogP contribution >= 0.6 is 11.3 Å². The Labute approximate surface area is 185 Å². The summed E-state index contributed by atoms with van der Waals surface area (Å²) in [6, 6.07) is 10.3. The van der Waals surface area contributed by atoms with Crippen LogP contribution in [-0.2, 0) is 16.4 Å². The average molecular weight is 460 g/mol. The molecule has 0 atom stereocenters. The molecule has 9 heteroatoms. The highest BCUT2D eigenvalue weighted by molar-refractivity contribution is 7.89. The molecule has 1 saturated carbocycles. The molecule has 1 aromatic heterocycles. The van der Waals surface area contributed by atoms with Gasteiger partial charge in [0.05, 0.1) is 17.3 Å². The van der Waals surface area contributed by atoms with Gasteiger partial charge in [-0.2, -0.15) is 0 Å². The Hall–Kier alpha value is -2.49. The predicted molar refractivity (Wildman–Crippen MR) is 123 cm³/mol. The van der Waals surface area contributed by atoms with E-state index in [4.69, 9.17) is 4.74 Å². The summed E-state index contributed by atoms with van der Waals surface area (Å²) in [5, 5.41) is 3.26. The summed E-state index contributed by atoms with van der Waals surface area (Å²) in [5.74, 6) is -0.219. The van der Waals surface area contributed by atoms with Gasteiger partial charge >= 0.3 is 0 Å². The summed E-state index contributed by atoms with van der Waals surface area (Å²) in [4.78, 5) is 17.3. The Morgan fingerprint density at radius 3 is 2.68 bits per heavy atom. The minimum Gasteiger partial charge on any atom is -0.495 e. The first-order valence-corrected chi connectivity index (χ1v) is 12.6. The number of hydrogen-bond donors (Lipinski definition) is 2. The lowest BCUT2D eigenvalue weighted by molar-refractivity contribution is 0.102. The summed E-state index contributed by atoms with van der Waals surface area (Å²) >= 11 is 1.39. The zero-order valence-electron chi connectivity index (χ0n) is 17.5. The van der Waals surface area contributed by atoms with E-state index >= 15 is 0 Å². The zero-order chi connectivity index (χ0) is 22.0. The molecule has 164 valence electrons. The van der Waals surface area contributed by atoms with E-state index < -0.39 is 15.9 Å². The number of nitrogens with one attached hydrogen (secondary N) is 2. The number of carbonyl (C=O) groups is 1. The second kappa shape index (κ2) is 8.94. The van der Waals surface area contributed by atoms with E-state index in [1.807, 2.05) is 12.1 Å². The minimum absolute atomic E-state index is 0.0357. The van der Waals surface area contributed by atoms with Gasteiger partial charge in [-0.25, -0.2) is 18.1 Å². The lowest BCUT2D eigenvalue weighted by atomic mass is 10.2. The topological polar surface area (TPSA) is 97.4 Å². The van der Waals surface area contributed by atoms with E-state index in [0.29, 0.717) is 5.13 Å². The summed E-state index contributed by atoms with van der Waals surface area (Å²) in [6.07, 6.45) is 4.58. The number of aromatic nitrogens is 1. The third-order valence-corrected chi connectivity index (χ3v) is 7.95. The van der Waals surface area contributed by atoms with Gasteiger partial charge in [-0.05, 0) is 55.2 Å². The Morgan fingerprint density at radius 1 is 1.19 bits per heavy atom. The fourth-order valence-corrected chi connectivity index (χ4v) is 6.19. The predicted octanol–water partition coefficient (Wildman–Crippen LogP) is 4.34. The van der Waals surface area contributed by atoms with E-state index in [2.05, 4.69) is 28.0 Å². The van der Waals surface area contributed by atoms with E-state index in [1.54, 1.807) is 6.07 Å². The van der Waals surface area contributed by atoms with Crippen molar-refractivity contribution in [3.63, 3.8) is 0 Å². The Bertz CT molecular complexity index is 1210. The molecule has 2 aromatic carbocycles. The molecule has 0 bridgehead atoms. The molecule has 3 aromatic rings. The smallest absolute Gasteiger partial charge is 0.257 e. The number of aryl methyl sites for hydroxylation is 1. The van der Waals surface area contributed by atoms with Crippen LogP contribution in [0.15, 0.2) is 41.3 Å². The number of ether oxygens (including phenoxy) is 1. The quantitative estimate of drug-likeness (QED) is 0.548. The van der Waals surface area contributed by atoms with Crippen molar-refractivity contribution in [1.82, 2.24) is 9.71 Å². The van der Waals surface area contributed by atoms with Gasteiger partial charge in [0.2, 0.25) is 10.0 Å². The van der Waals surface area contributed by atoms with Gasteiger partial charge < -0.3 is 4.74 Å². The third kappa shape index (κ3) is 4.73. The van der Waals surface area contributed by atoms with Gasteiger partial charge in [0.1, 0.15) is 10.6 Å². The van der Waals surface area contributed by atoms with E-state index in [9.17, 15) is 13.2 Å². The minimum atomic E-state index is -3.81. The number of hydrogen-bond acceptors (Lipinski definition) is 6. The van der Waals surface area contributed by atoms with Gasteiger partial charge in [-0.15, -0.1) is 0 Å². The Kier molecular flexibility index (Phi) is 6.27. The fourth-order valence-electron chi connectivity index (χ4n) is 3.77. The number of fused-ring (bicyclic) bond motifs is 1. The van der Waals surface area contributed by atoms with Crippen LogP contribution in [0.1, 0.15) is 48.5 Å². The molecular formula is C22H25N3O4S2. The van der Waals surface area contributed by atoms with Gasteiger partial charge in [-0.1, -0.05) is 37.2 Å². The molecule has 1 fully saturated rings. The molecule has 1 aliphatic carbocycles. The third-order valence-electron chi connectivity index (χ3n) is 5.47. The van der Waals surface area contributed by atoms with Crippen molar-refractivity contribution in [3.05, 3.63) is 47.5 Å². The van der Waals surface area contributed by atoms with Crippen molar-refractivity contribution in [1.29, 1.82) is 0 Å². The number of sulfonamides is 1. The normalized spacial score (nSPS) is 14.8. The van der Waals surface area contributed by atoms with E-state index in [-0.39, 0.29) is 22.3 Å². The summed E-state index contributed by atoms with van der Waals surface area (Å²) in [5.41, 5.74) is 2.24. The van der Waals surface area contributed by atoms with Crippen LogP contribution in [0.3, 0.4) is 0 Å². The molecule has 0 spiro atoms. The van der Waals surface area contributed by atoms with Crippen molar-refractivity contribution < 1.29 is 17.9 Å². The molecule has 1 heterocycles. The summed E-state index contributed by atoms with van der Waals surface area (Å²) in [6.45, 7) is 2.09. The van der Waals surface area contributed by atoms with Crippen molar-refractivity contribution in [2.24, 2.45) is 0 Å². The Balaban J connectivity index is 1.59. The van der Waals surface area contributed by atoms with E-state index in [0.717, 1.165) is 42.3 Å². The molecule has 1 amide bonds. The molecule has 31 heavy (non-hydrogen) atoms. The first-order valence-electron chi connectivity index (χ1n) is 10.3. The SMILES string of the molecule is CCc1ccc2nc(NC(=O)c3ccc(OC)c(S(=O)(=O)NC4CCCC4)c3)sc2c1. The number of anilines is 1.